The summed E-state index contributed by atoms with van der Waals surface area (Å²) in [6.45, 7) is 8.27. The smallest absolute Gasteiger partial charge is 0.250 e. The van der Waals surface area contributed by atoms with Crippen molar-refractivity contribution in [3.05, 3.63) is 166 Å². The number of benzene rings is 4. The number of hydrogen-bond donors (Lipinski definition) is 0. The van der Waals surface area contributed by atoms with Crippen LogP contribution >= 0.6 is 0 Å². The number of imidazole rings is 2. The largest absolute Gasteiger partial charge is 0.495 e. The molecule has 4 heterocycles. The number of halogens is 4. The fourth-order valence-electron chi connectivity index (χ4n) is 8.20. The second-order valence-electron chi connectivity index (χ2n) is 15.9. The Bertz CT molecular complexity index is 2560. The lowest BCUT2D eigenvalue weighted by molar-refractivity contribution is -0.131. The van der Waals surface area contributed by atoms with Crippen LogP contribution in [-0.2, 0) is 9.59 Å². The van der Waals surface area contributed by atoms with Gasteiger partial charge in [-0.1, -0.05) is 36.4 Å². The third-order valence-electron chi connectivity index (χ3n) is 11.6. The summed E-state index contributed by atoms with van der Waals surface area (Å²) in [6.07, 6.45) is 13.7. The number of piperidine rings is 2. The molecule has 0 unspecified atom stereocenters. The van der Waals surface area contributed by atoms with Crippen molar-refractivity contribution in [2.75, 3.05) is 27.3 Å². The Kier molecular flexibility index (Phi) is 13.8. The van der Waals surface area contributed by atoms with Gasteiger partial charge < -0.3 is 28.4 Å². The molecular formula is C50H50F4N6O4. The molecule has 2 fully saturated rings. The lowest BCUT2D eigenvalue weighted by atomic mass is 9.97. The third kappa shape index (κ3) is 9.65. The molecule has 0 aliphatic carbocycles. The molecule has 2 aliphatic heterocycles. The van der Waals surface area contributed by atoms with Gasteiger partial charge >= 0.3 is 0 Å². The van der Waals surface area contributed by atoms with Gasteiger partial charge in [-0.2, -0.15) is 0 Å². The van der Waals surface area contributed by atoms with Crippen LogP contribution in [0.25, 0.3) is 23.5 Å². The predicted octanol–water partition coefficient (Wildman–Crippen LogP) is 10.5. The lowest BCUT2D eigenvalue weighted by Crippen LogP contribution is -2.39. The van der Waals surface area contributed by atoms with Crippen molar-refractivity contribution >= 4 is 24.0 Å². The van der Waals surface area contributed by atoms with Crippen LogP contribution in [0.4, 0.5) is 17.6 Å². The predicted molar refractivity (Wildman–Crippen MR) is 237 cm³/mol. The van der Waals surface area contributed by atoms with Gasteiger partial charge in [0.15, 0.2) is 23.3 Å². The summed E-state index contributed by atoms with van der Waals surface area (Å²) >= 11 is 0. The van der Waals surface area contributed by atoms with E-state index < -0.39 is 35.4 Å². The van der Waals surface area contributed by atoms with Crippen molar-refractivity contribution in [1.29, 1.82) is 0 Å². The number of amides is 2. The number of likely N-dealkylation sites (tertiary alicyclic amines) is 2. The summed E-state index contributed by atoms with van der Waals surface area (Å²) in [7, 11) is 3.20. The summed E-state index contributed by atoms with van der Waals surface area (Å²) in [4.78, 5) is 38.1. The molecule has 8 rings (SSSR count). The molecule has 2 amide bonds. The zero-order valence-electron chi connectivity index (χ0n) is 36.6. The normalized spacial score (nSPS) is 16.5. The van der Waals surface area contributed by atoms with Crippen molar-refractivity contribution in [2.45, 2.75) is 65.5 Å². The van der Waals surface area contributed by atoms with Gasteiger partial charge in [0.05, 0.1) is 61.7 Å². The Morgan fingerprint density at radius 2 is 1.02 bits per heavy atom. The highest BCUT2D eigenvalue weighted by molar-refractivity contribution is 5.99. The molecule has 2 aromatic heterocycles. The second kappa shape index (κ2) is 19.6. The van der Waals surface area contributed by atoms with Gasteiger partial charge in [-0.05, 0) is 113 Å². The zero-order valence-corrected chi connectivity index (χ0v) is 36.6. The van der Waals surface area contributed by atoms with Gasteiger partial charge in [0.25, 0.3) is 0 Å². The summed E-state index contributed by atoms with van der Waals surface area (Å²) < 4.78 is 70.8. The highest BCUT2D eigenvalue weighted by Crippen LogP contribution is 2.34. The van der Waals surface area contributed by atoms with E-state index in [1.165, 1.54) is 24.3 Å². The number of aryl methyl sites for hydroxylation is 2. The first kappa shape index (κ1) is 45.1. The number of ether oxygens (including phenoxy) is 2. The summed E-state index contributed by atoms with van der Waals surface area (Å²) in [5.41, 5.74) is 6.78. The number of rotatable bonds is 10. The van der Waals surface area contributed by atoms with Crippen molar-refractivity contribution in [3.8, 4) is 22.9 Å². The van der Waals surface area contributed by atoms with E-state index in [0.29, 0.717) is 48.6 Å². The Hall–Kier alpha value is -6.96. The number of hydrogen-bond acceptors (Lipinski definition) is 6. The van der Waals surface area contributed by atoms with Gasteiger partial charge in [0.2, 0.25) is 11.8 Å². The number of carbonyl (C=O) groups is 2. The SMILES string of the molecule is COc1cc(/C=C2\CCCN([C@@H](C)c3cccc(F)c3F)C2=O)ccc1-n1cnc(C)c1.COc1cc(/C=C2\CCCN([C@H](C)c3cccc(F)c3F)C2=O)ccc1-n1cnc(C)c1. The first-order chi connectivity index (χ1) is 30.8. The number of aromatic nitrogens is 4. The Balaban J connectivity index is 0.000000191. The minimum atomic E-state index is -0.908. The monoisotopic (exact) mass is 874 g/mol. The van der Waals surface area contributed by atoms with Gasteiger partial charge in [-0.25, -0.2) is 27.5 Å². The van der Waals surface area contributed by atoms with Crippen molar-refractivity contribution in [3.63, 3.8) is 0 Å². The first-order valence-corrected chi connectivity index (χ1v) is 21.1. The van der Waals surface area contributed by atoms with E-state index >= 15 is 0 Å². The van der Waals surface area contributed by atoms with E-state index in [1.807, 2.05) is 83.9 Å². The van der Waals surface area contributed by atoms with Crippen molar-refractivity contribution < 1.29 is 36.6 Å². The van der Waals surface area contributed by atoms with Gasteiger partial charge in [0.1, 0.15) is 11.5 Å². The molecule has 0 spiro atoms. The maximum absolute atomic E-state index is 14.3. The molecule has 10 nitrogen and oxygen atoms in total. The highest BCUT2D eigenvalue weighted by Gasteiger charge is 2.31. The molecule has 332 valence electrons. The maximum atomic E-state index is 14.3. The van der Waals surface area contributed by atoms with E-state index in [9.17, 15) is 27.2 Å². The van der Waals surface area contributed by atoms with Crippen LogP contribution in [0.15, 0.2) is 109 Å². The van der Waals surface area contributed by atoms with Crippen molar-refractivity contribution in [2.24, 2.45) is 0 Å². The van der Waals surface area contributed by atoms with E-state index in [0.717, 1.165) is 58.9 Å². The van der Waals surface area contributed by atoms with E-state index in [4.69, 9.17) is 9.47 Å². The summed E-state index contributed by atoms with van der Waals surface area (Å²) in [5, 5.41) is 0. The van der Waals surface area contributed by atoms with Crippen LogP contribution in [0.3, 0.4) is 0 Å². The minimum absolute atomic E-state index is 0.166. The molecule has 2 aliphatic rings. The Morgan fingerprint density at radius 3 is 1.38 bits per heavy atom. The summed E-state index contributed by atoms with van der Waals surface area (Å²) in [6, 6.07) is 18.4. The topological polar surface area (TPSA) is 94.7 Å². The maximum Gasteiger partial charge on any atom is 0.250 e. The van der Waals surface area contributed by atoms with E-state index in [1.54, 1.807) is 50.5 Å². The molecule has 0 radical (unpaired) electrons. The van der Waals surface area contributed by atoms with Crippen LogP contribution in [0.1, 0.15) is 85.3 Å². The van der Waals surface area contributed by atoms with Crippen LogP contribution < -0.4 is 9.47 Å². The molecule has 2 saturated heterocycles. The number of carbonyl (C=O) groups excluding carboxylic acids is 2. The molecule has 14 heteroatoms. The zero-order chi connectivity index (χ0) is 45.7. The highest BCUT2D eigenvalue weighted by atomic mass is 19.2. The molecule has 6 aromatic rings. The van der Waals surface area contributed by atoms with Crippen LogP contribution in [0.5, 0.6) is 11.5 Å². The quantitative estimate of drug-likeness (QED) is 0.101. The second-order valence-corrected chi connectivity index (χ2v) is 15.9. The lowest BCUT2D eigenvalue weighted by Gasteiger charge is -2.34. The molecule has 0 N–H and O–H groups in total. The number of nitrogens with zero attached hydrogens (tertiary/aromatic N) is 6. The third-order valence-corrected chi connectivity index (χ3v) is 11.6. The van der Waals surface area contributed by atoms with Gasteiger partial charge in [-0.15, -0.1) is 0 Å². The molecule has 0 bridgehead atoms. The minimum Gasteiger partial charge on any atom is -0.495 e. The van der Waals surface area contributed by atoms with Crippen LogP contribution in [0, 0.1) is 37.1 Å². The van der Waals surface area contributed by atoms with Crippen LogP contribution in [-0.4, -0.2) is 68.0 Å². The first-order valence-electron chi connectivity index (χ1n) is 21.1. The Labute approximate surface area is 370 Å². The standard InChI is InChI=1S/2C25H25F2N3O2/c2*1-16-14-29(15-28-16)22-10-9-18(13-23(22)32-3)12-19-6-5-11-30(25(19)31)17(2)20-7-4-8-21(26)24(20)27/h2*4,7-10,12-15,17H,5-6,11H2,1-3H3/b2*19-12+/t2*17-/m10/s1. The fraction of sp³-hybridized carbons (Fsp3) is 0.280. The number of methoxy groups -OCH3 is 2. The average molecular weight is 875 g/mol. The average Bonchev–Trinajstić information content (AvgIpc) is 3.94. The molecule has 4 aromatic carbocycles. The van der Waals surface area contributed by atoms with Gasteiger partial charge in [-0.3, -0.25) is 9.59 Å². The summed E-state index contributed by atoms with van der Waals surface area (Å²) in [5.74, 6) is -2.64. The van der Waals surface area contributed by atoms with Gasteiger partial charge in [0, 0.05) is 47.8 Å². The van der Waals surface area contributed by atoms with E-state index in [2.05, 4.69) is 9.97 Å². The van der Waals surface area contributed by atoms with E-state index in [-0.39, 0.29) is 22.9 Å². The molecule has 0 saturated carbocycles. The fourth-order valence-corrected chi connectivity index (χ4v) is 8.20. The van der Waals surface area contributed by atoms with Crippen LogP contribution in [0.2, 0.25) is 0 Å². The molecular weight excluding hydrogens is 825 g/mol. The molecule has 64 heavy (non-hydrogen) atoms. The Morgan fingerprint density at radius 1 is 0.609 bits per heavy atom. The van der Waals surface area contributed by atoms with Crippen molar-refractivity contribution in [1.82, 2.24) is 28.9 Å². The molecule has 2 atom stereocenters.